The molecule has 0 N–H and O–H groups in total. The summed E-state index contributed by atoms with van der Waals surface area (Å²) in [7, 11) is 1.48. The lowest BCUT2D eigenvalue weighted by molar-refractivity contribution is 0.396. The van der Waals surface area contributed by atoms with Crippen LogP contribution in [-0.4, -0.2) is 12.1 Å². The fraction of sp³-hybridized carbons (Fsp3) is 0.143. The van der Waals surface area contributed by atoms with Gasteiger partial charge in [-0.25, -0.2) is 9.37 Å². The fourth-order valence-electron chi connectivity index (χ4n) is 1.77. The Hall–Kier alpha value is -2.41. The first kappa shape index (κ1) is 12.1. The summed E-state index contributed by atoms with van der Waals surface area (Å²) in [5, 5.41) is 8.81. The van der Waals surface area contributed by atoms with Crippen molar-refractivity contribution >= 4 is 0 Å². The van der Waals surface area contributed by atoms with Crippen LogP contribution in [-0.2, 0) is 0 Å². The van der Waals surface area contributed by atoms with E-state index in [0.717, 1.165) is 17.3 Å². The molecule has 0 aliphatic rings. The van der Waals surface area contributed by atoms with E-state index in [1.165, 1.54) is 7.11 Å². The molecule has 0 spiro atoms. The van der Waals surface area contributed by atoms with E-state index >= 15 is 0 Å². The number of methoxy groups -OCH3 is 1. The number of hydrogen-bond donors (Lipinski definition) is 0. The van der Waals surface area contributed by atoms with Crippen molar-refractivity contribution in [3.63, 3.8) is 0 Å². The van der Waals surface area contributed by atoms with Gasteiger partial charge in [0.25, 0.3) is 0 Å². The summed E-state index contributed by atoms with van der Waals surface area (Å²) >= 11 is 0. The maximum Gasteiger partial charge on any atom is 0.213 e. The Morgan fingerprint density at radius 1 is 1.28 bits per heavy atom. The zero-order chi connectivity index (χ0) is 13.1. The summed E-state index contributed by atoms with van der Waals surface area (Å²) in [6.07, 6.45) is 1.13. The SMILES string of the molecule is COc1cc(-c2ccc(C#N)cc2C)c(F)cn1. The van der Waals surface area contributed by atoms with E-state index in [2.05, 4.69) is 11.1 Å². The largest absolute Gasteiger partial charge is 0.481 e. The van der Waals surface area contributed by atoms with Crippen LogP contribution in [0.1, 0.15) is 11.1 Å². The number of benzene rings is 1. The lowest BCUT2D eigenvalue weighted by atomic mass is 9.99. The Morgan fingerprint density at radius 3 is 2.67 bits per heavy atom. The minimum atomic E-state index is -0.413. The van der Waals surface area contributed by atoms with Crippen LogP contribution in [0.4, 0.5) is 4.39 Å². The smallest absolute Gasteiger partial charge is 0.213 e. The number of hydrogen-bond acceptors (Lipinski definition) is 3. The summed E-state index contributed by atoms with van der Waals surface area (Å²) < 4.78 is 18.8. The van der Waals surface area contributed by atoms with Gasteiger partial charge in [-0.05, 0) is 30.2 Å². The molecular weight excluding hydrogens is 231 g/mol. The summed E-state index contributed by atoms with van der Waals surface area (Å²) in [4.78, 5) is 3.80. The molecule has 18 heavy (non-hydrogen) atoms. The maximum absolute atomic E-state index is 13.8. The Bertz CT molecular complexity index is 632. The van der Waals surface area contributed by atoms with E-state index in [1.807, 2.05) is 6.92 Å². The quantitative estimate of drug-likeness (QED) is 0.813. The highest BCUT2D eigenvalue weighted by atomic mass is 19.1. The van der Waals surface area contributed by atoms with Crippen molar-refractivity contribution in [2.75, 3.05) is 7.11 Å². The van der Waals surface area contributed by atoms with Crippen LogP contribution in [0.2, 0.25) is 0 Å². The topological polar surface area (TPSA) is 45.9 Å². The molecule has 0 aliphatic carbocycles. The molecule has 0 amide bonds. The van der Waals surface area contributed by atoms with Crippen LogP contribution in [0.25, 0.3) is 11.1 Å². The highest BCUT2D eigenvalue weighted by molar-refractivity contribution is 5.69. The highest BCUT2D eigenvalue weighted by Gasteiger charge is 2.10. The van der Waals surface area contributed by atoms with Gasteiger partial charge in [0.2, 0.25) is 5.88 Å². The second-order valence-corrected chi connectivity index (χ2v) is 3.85. The van der Waals surface area contributed by atoms with Crippen molar-refractivity contribution in [1.82, 2.24) is 4.98 Å². The molecule has 2 rings (SSSR count). The molecule has 1 heterocycles. The maximum atomic E-state index is 13.8. The zero-order valence-corrected chi connectivity index (χ0v) is 10.1. The van der Waals surface area contributed by atoms with Gasteiger partial charge in [0.05, 0.1) is 24.9 Å². The van der Waals surface area contributed by atoms with Crippen LogP contribution in [0, 0.1) is 24.1 Å². The lowest BCUT2D eigenvalue weighted by Gasteiger charge is -2.08. The van der Waals surface area contributed by atoms with Crippen molar-refractivity contribution in [1.29, 1.82) is 5.26 Å². The van der Waals surface area contributed by atoms with E-state index in [4.69, 9.17) is 10.00 Å². The molecule has 0 fully saturated rings. The number of ether oxygens (including phenoxy) is 1. The average Bonchev–Trinajstić information content (AvgIpc) is 2.39. The Kier molecular flexibility index (Phi) is 3.24. The molecule has 0 bridgehead atoms. The third-order valence-electron chi connectivity index (χ3n) is 2.69. The first-order valence-corrected chi connectivity index (χ1v) is 5.36. The molecule has 1 aromatic heterocycles. The monoisotopic (exact) mass is 242 g/mol. The van der Waals surface area contributed by atoms with Crippen LogP contribution < -0.4 is 4.74 Å². The number of pyridine rings is 1. The number of nitriles is 1. The van der Waals surface area contributed by atoms with Crippen molar-refractivity contribution in [2.45, 2.75) is 6.92 Å². The molecule has 0 saturated carbocycles. The van der Waals surface area contributed by atoms with E-state index in [9.17, 15) is 4.39 Å². The molecule has 0 saturated heterocycles. The Labute approximate surface area is 104 Å². The molecule has 0 radical (unpaired) electrons. The molecule has 0 aliphatic heterocycles. The van der Waals surface area contributed by atoms with Crippen LogP contribution in [0.15, 0.2) is 30.5 Å². The molecule has 90 valence electrons. The highest BCUT2D eigenvalue weighted by Crippen LogP contribution is 2.28. The van der Waals surface area contributed by atoms with Crippen molar-refractivity contribution in [3.05, 3.63) is 47.4 Å². The standard InChI is InChI=1S/C14H11FN2O/c1-9-5-10(7-16)3-4-11(9)12-6-14(18-2)17-8-13(12)15/h3-6,8H,1-2H3. The van der Waals surface area contributed by atoms with Crippen molar-refractivity contribution in [2.24, 2.45) is 0 Å². The first-order chi connectivity index (χ1) is 8.65. The zero-order valence-electron chi connectivity index (χ0n) is 10.1. The Morgan fingerprint density at radius 2 is 2.06 bits per heavy atom. The van der Waals surface area contributed by atoms with Gasteiger partial charge in [-0.15, -0.1) is 0 Å². The second kappa shape index (κ2) is 4.84. The minimum Gasteiger partial charge on any atom is -0.481 e. The lowest BCUT2D eigenvalue weighted by Crippen LogP contribution is -1.93. The summed E-state index contributed by atoms with van der Waals surface area (Å²) in [6.45, 7) is 1.84. The van der Waals surface area contributed by atoms with Crippen LogP contribution in [0.3, 0.4) is 0 Å². The normalized spacial score (nSPS) is 9.89. The summed E-state index contributed by atoms with van der Waals surface area (Å²) in [5.74, 6) is -0.0567. The molecule has 4 heteroatoms. The van der Waals surface area contributed by atoms with Crippen molar-refractivity contribution < 1.29 is 9.13 Å². The van der Waals surface area contributed by atoms with E-state index in [1.54, 1.807) is 24.3 Å². The third-order valence-corrected chi connectivity index (χ3v) is 2.69. The third kappa shape index (κ3) is 2.16. The second-order valence-electron chi connectivity index (χ2n) is 3.85. The van der Waals surface area contributed by atoms with E-state index in [-0.39, 0.29) is 0 Å². The number of aromatic nitrogens is 1. The first-order valence-electron chi connectivity index (χ1n) is 5.36. The number of nitrogens with zero attached hydrogens (tertiary/aromatic N) is 2. The van der Waals surface area contributed by atoms with Crippen LogP contribution in [0.5, 0.6) is 5.88 Å². The van der Waals surface area contributed by atoms with Gasteiger partial charge in [0.15, 0.2) is 0 Å². The van der Waals surface area contributed by atoms with E-state index in [0.29, 0.717) is 17.0 Å². The number of aryl methyl sites for hydroxylation is 1. The predicted octanol–water partition coefficient (Wildman–Crippen LogP) is 3.08. The molecule has 0 atom stereocenters. The Balaban J connectivity index is 2.58. The molecule has 2 aromatic rings. The number of halogens is 1. The predicted molar refractivity (Wildman–Crippen MR) is 65.6 cm³/mol. The average molecular weight is 242 g/mol. The van der Waals surface area contributed by atoms with Gasteiger partial charge in [-0.1, -0.05) is 6.07 Å². The molecule has 3 nitrogen and oxygen atoms in total. The van der Waals surface area contributed by atoms with Crippen molar-refractivity contribution in [3.8, 4) is 23.1 Å². The minimum absolute atomic E-state index is 0.357. The van der Waals surface area contributed by atoms with Gasteiger partial charge in [0.1, 0.15) is 5.82 Å². The molecule has 1 aromatic carbocycles. The van der Waals surface area contributed by atoms with Crippen LogP contribution >= 0.6 is 0 Å². The van der Waals surface area contributed by atoms with Gasteiger partial charge in [0, 0.05) is 11.6 Å². The van der Waals surface area contributed by atoms with Gasteiger partial charge in [-0.2, -0.15) is 5.26 Å². The molecule has 0 unspecified atom stereocenters. The van der Waals surface area contributed by atoms with E-state index < -0.39 is 5.82 Å². The summed E-state index contributed by atoms with van der Waals surface area (Å²) in [5.41, 5.74) is 2.54. The number of rotatable bonds is 2. The van der Waals surface area contributed by atoms with Gasteiger partial charge >= 0.3 is 0 Å². The van der Waals surface area contributed by atoms with Gasteiger partial charge in [-0.3, -0.25) is 0 Å². The summed E-state index contributed by atoms with van der Waals surface area (Å²) in [6, 6.07) is 8.71. The fourth-order valence-corrected chi connectivity index (χ4v) is 1.77. The van der Waals surface area contributed by atoms with Gasteiger partial charge < -0.3 is 4.74 Å². The molecular formula is C14H11FN2O.